The first kappa shape index (κ1) is 14.8. The maximum absolute atomic E-state index is 13.1. The van der Waals surface area contributed by atoms with Crippen molar-refractivity contribution in [3.8, 4) is 0 Å². The quantitative estimate of drug-likeness (QED) is 0.772. The Balaban J connectivity index is 1.72. The van der Waals surface area contributed by atoms with E-state index in [0.717, 1.165) is 16.5 Å². The van der Waals surface area contributed by atoms with Gasteiger partial charge in [0.05, 0.1) is 5.02 Å². The average molecular weight is 317 g/mol. The van der Waals surface area contributed by atoms with Gasteiger partial charge in [-0.15, -0.1) is 0 Å². The van der Waals surface area contributed by atoms with Crippen LogP contribution in [-0.4, -0.2) is 4.98 Å². The fourth-order valence-electron chi connectivity index (χ4n) is 2.31. The van der Waals surface area contributed by atoms with Crippen molar-refractivity contribution in [3.05, 3.63) is 80.9 Å². The predicted molar refractivity (Wildman–Crippen MR) is 86.5 cm³/mol. The molecule has 2 N–H and O–H groups in total. The van der Waals surface area contributed by atoms with Crippen LogP contribution in [0.3, 0.4) is 0 Å². The number of benzene rings is 2. The van der Waals surface area contributed by atoms with E-state index in [1.807, 2.05) is 30.3 Å². The molecule has 0 aliphatic carbocycles. The molecule has 1 heterocycles. The Morgan fingerprint density at radius 1 is 1.09 bits per heavy atom. The van der Waals surface area contributed by atoms with Gasteiger partial charge < -0.3 is 10.3 Å². The Morgan fingerprint density at radius 2 is 1.91 bits per heavy atom. The molecule has 0 atom stereocenters. The smallest absolute Gasteiger partial charge is 0.252 e. The molecule has 0 bridgehead atoms. The summed E-state index contributed by atoms with van der Waals surface area (Å²) in [5.74, 6) is -0.434. The molecule has 112 valence electrons. The Bertz CT molecular complexity index is 876. The largest absolute Gasteiger partial charge is 0.322 e. The minimum atomic E-state index is -0.434. The van der Waals surface area contributed by atoms with Gasteiger partial charge in [-0.3, -0.25) is 4.79 Å². The van der Waals surface area contributed by atoms with E-state index < -0.39 is 5.82 Å². The van der Waals surface area contributed by atoms with E-state index in [4.69, 9.17) is 11.6 Å². The topological polar surface area (TPSA) is 44.9 Å². The summed E-state index contributed by atoms with van der Waals surface area (Å²) in [6, 6.07) is 14.1. The summed E-state index contributed by atoms with van der Waals surface area (Å²) in [7, 11) is 0. The summed E-state index contributed by atoms with van der Waals surface area (Å²) in [4.78, 5) is 14.9. The molecule has 0 fully saturated rings. The summed E-state index contributed by atoms with van der Waals surface area (Å²) in [5, 5.41) is 4.26. The maximum Gasteiger partial charge on any atom is 0.252 e. The summed E-state index contributed by atoms with van der Waals surface area (Å²) in [5.41, 5.74) is 2.24. The van der Waals surface area contributed by atoms with Crippen molar-refractivity contribution >= 4 is 22.5 Å². The molecular formula is C17H14ClFN2O. The van der Waals surface area contributed by atoms with E-state index >= 15 is 0 Å². The van der Waals surface area contributed by atoms with Crippen molar-refractivity contribution < 1.29 is 4.39 Å². The van der Waals surface area contributed by atoms with E-state index in [0.29, 0.717) is 18.7 Å². The third kappa shape index (κ3) is 3.18. The van der Waals surface area contributed by atoms with Crippen LogP contribution in [-0.2, 0) is 13.1 Å². The first-order valence-corrected chi connectivity index (χ1v) is 7.27. The molecule has 3 nitrogen and oxygen atoms in total. The van der Waals surface area contributed by atoms with E-state index in [9.17, 15) is 9.18 Å². The Kier molecular flexibility index (Phi) is 4.22. The lowest BCUT2D eigenvalue weighted by Crippen LogP contribution is -2.20. The third-order valence-corrected chi connectivity index (χ3v) is 3.75. The second-order valence-corrected chi connectivity index (χ2v) is 5.47. The Hall–Kier alpha value is -2.17. The van der Waals surface area contributed by atoms with Crippen LogP contribution in [0.5, 0.6) is 0 Å². The fourth-order valence-corrected chi connectivity index (χ4v) is 2.52. The van der Waals surface area contributed by atoms with Gasteiger partial charge in [0.25, 0.3) is 5.56 Å². The molecule has 0 amide bonds. The molecule has 2 aromatic carbocycles. The molecule has 1 aromatic heterocycles. The highest BCUT2D eigenvalue weighted by Gasteiger charge is 2.04. The number of rotatable bonds is 4. The normalized spacial score (nSPS) is 11.0. The second kappa shape index (κ2) is 6.30. The number of halogens is 2. The number of pyridine rings is 1. The van der Waals surface area contributed by atoms with Crippen molar-refractivity contribution in [1.29, 1.82) is 0 Å². The van der Waals surface area contributed by atoms with Crippen LogP contribution in [0.2, 0.25) is 5.02 Å². The van der Waals surface area contributed by atoms with E-state index in [-0.39, 0.29) is 10.6 Å². The minimum absolute atomic E-state index is 0.0999. The SMILES string of the molecule is O=c1[nH]c2ccccc2cc1CNCc1ccc(F)c(Cl)c1. The molecule has 5 heteroatoms. The van der Waals surface area contributed by atoms with Crippen LogP contribution in [0.1, 0.15) is 11.1 Å². The van der Waals surface area contributed by atoms with E-state index in [1.165, 1.54) is 6.07 Å². The van der Waals surface area contributed by atoms with Gasteiger partial charge in [-0.05, 0) is 35.2 Å². The zero-order chi connectivity index (χ0) is 15.5. The number of aromatic amines is 1. The van der Waals surface area contributed by atoms with Gasteiger partial charge in [0.1, 0.15) is 5.82 Å². The van der Waals surface area contributed by atoms with Gasteiger partial charge in [0.2, 0.25) is 0 Å². The van der Waals surface area contributed by atoms with Gasteiger partial charge >= 0.3 is 0 Å². The molecule has 0 aliphatic heterocycles. The van der Waals surface area contributed by atoms with Crippen molar-refractivity contribution in [2.75, 3.05) is 0 Å². The minimum Gasteiger partial charge on any atom is -0.322 e. The zero-order valence-electron chi connectivity index (χ0n) is 11.7. The van der Waals surface area contributed by atoms with Crippen LogP contribution < -0.4 is 10.9 Å². The number of H-pyrrole nitrogens is 1. The average Bonchev–Trinajstić information content (AvgIpc) is 2.51. The summed E-state index contributed by atoms with van der Waals surface area (Å²) < 4.78 is 13.1. The van der Waals surface area contributed by atoms with Crippen LogP contribution in [0.25, 0.3) is 10.9 Å². The zero-order valence-corrected chi connectivity index (χ0v) is 12.5. The molecule has 3 rings (SSSR count). The highest BCUT2D eigenvalue weighted by Crippen LogP contribution is 2.16. The number of nitrogens with one attached hydrogen (secondary N) is 2. The first-order chi connectivity index (χ1) is 10.6. The highest BCUT2D eigenvalue weighted by molar-refractivity contribution is 6.30. The first-order valence-electron chi connectivity index (χ1n) is 6.89. The van der Waals surface area contributed by atoms with Crippen LogP contribution in [0.4, 0.5) is 4.39 Å². The number of hydrogen-bond acceptors (Lipinski definition) is 2. The van der Waals surface area contributed by atoms with E-state index in [2.05, 4.69) is 10.3 Å². The molecule has 0 saturated carbocycles. The number of para-hydroxylation sites is 1. The standard InChI is InChI=1S/C17H14ClFN2O/c18-14-7-11(5-6-15(14)19)9-20-10-13-8-12-3-1-2-4-16(12)21-17(13)22/h1-8,20H,9-10H2,(H,21,22). The van der Waals surface area contributed by atoms with Gasteiger partial charge in [0.15, 0.2) is 0 Å². The summed E-state index contributed by atoms with van der Waals surface area (Å²) >= 11 is 5.74. The monoisotopic (exact) mass is 316 g/mol. The number of aromatic nitrogens is 1. The number of fused-ring (bicyclic) bond motifs is 1. The molecule has 3 aromatic rings. The van der Waals surface area contributed by atoms with E-state index in [1.54, 1.807) is 12.1 Å². The lowest BCUT2D eigenvalue weighted by atomic mass is 10.1. The predicted octanol–water partition coefficient (Wildman–Crippen LogP) is 3.61. The summed E-state index contributed by atoms with van der Waals surface area (Å²) in [6.07, 6.45) is 0. The van der Waals surface area contributed by atoms with Gasteiger partial charge in [-0.25, -0.2) is 4.39 Å². The van der Waals surface area contributed by atoms with Crippen molar-refractivity contribution in [2.45, 2.75) is 13.1 Å². The lowest BCUT2D eigenvalue weighted by molar-refractivity contribution is 0.625. The Labute approximate surface area is 131 Å². The summed E-state index contributed by atoms with van der Waals surface area (Å²) in [6.45, 7) is 0.932. The highest BCUT2D eigenvalue weighted by atomic mass is 35.5. The van der Waals surface area contributed by atoms with Crippen molar-refractivity contribution in [1.82, 2.24) is 10.3 Å². The van der Waals surface area contributed by atoms with Gasteiger partial charge in [-0.1, -0.05) is 35.9 Å². The maximum atomic E-state index is 13.1. The fraction of sp³-hybridized carbons (Fsp3) is 0.118. The molecule has 22 heavy (non-hydrogen) atoms. The van der Waals surface area contributed by atoms with Crippen LogP contribution in [0.15, 0.2) is 53.3 Å². The molecular weight excluding hydrogens is 303 g/mol. The second-order valence-electron chi connectivity index (χ2n) is 5.06. The molecule has 0 aliphatic rings. The van der Waals surface area contributed by atoms with Crippen LogP contribution in [0, 0.1) is 5.82 Å². The van der Waals surface area contributed by atoms with Crippen molar-refractivity contribution in [2.24, 2.45) is 0 Å². The third-order valence-electron chi connectivity index (χ3n) is 3.46. The van der Waals surface area contributed by atoms with Gasteiger partial charge in [-0.2, -0.15) is 0 Å². The molecule has 0 unspecified atom stereocenters. The number of hydrogen-bond donors (Lipinski definition) is 2. The van der Waals surface area contributed by atoms with Gasteiger partial charge in [0, 0.05) is 24.2 Å². The molecule has 0 saturated heterocycles. The van der Waals surface area contributed by atoms with Crippen molar-refractivity contribution in [3.63, 3.8) is 0 Å². The Morgan fingerprint density at radius 3 is 2.73 bits per heavy atom. The lowest BCUT2D eigenvalue weighted by Gasteiger charge is -2.07. The molecule has 0 spiro atoms. The molecule has 0 radical (unpaired) electrons. The van der Waals surface area contributed by atoms with Crippen LogP contribution >= 0.6 is 11.6 Å².